The standard InChI is InChI=1S/C16H27N3O2.C6H5FO/c1-13(20)19-10-3-7-15(19)16(21)18-9-4-8-17(11-12-18)14-5-2-6-14;7-5-2-1-3-6(8)4-5/h14-15H,2-12H2,1H3;1-4,8H/t15-;/m1./s1. The molecule has 0 aromatic heterocycles. The summed E-state index contributed by atoms with van der Waals surface area (Å²) in [7, 11) is 0. The Labute approximate surface area is 172 Å². The average molecular weight is 406 g/mol. The SMILES string of the molecule is CC(=O)N1CCC[C@@H]1C(=O)N1CCCN(C2CCC2)CC1.Oc1cccc(F)c1. The van der Waals surface area contributed by atoms with Crippen LogP contribution in [0.15, 0.2) is 24.3 Å². The molecule has 6 nitrogen and oxygen atoms in total. The highest BCUT2D eigenvalue weighted by Gasteiger charge is 2.36. The van der Waals surface area contributed by atoms with Gasteiger partial charge in [0, 0.05) is 51.8 Å². The van der Waals surface area contributed by atoms with Crippen molar-refractivity contribution in [3.8, 4) is 5.75 Å². The molecule has 160 valence electrons. The summed E-state index contributed by atoms with van der Waals surface area (Å²) in [5.41, 5.74) is 0. The molecule has 0 unspecified atom stereocenters. The zero-order valence-electron chi connectivity index (χ0n) is 17.2. The number of phenols is 1. The molecule has 7 heteroatoms. The van der Waals surface area contributed by atoms with Crippen LogP contribution in [0.2, 0.25) is 0 Å². The molecule has 2 saturated heterocycles. The van der Waals surface area contributed by atoms with E-state index in [-0.39, 0.29) is 23.6 Å². The number of halogens is 1. The summed E-state index contributed by atoms with van der Waals surface area (Å²) in [5.74, 6) is -0.232. The molecule has 2 aliphatic heterocycles. The molecule has 0 radical (unpaired) electrons. The Bertz CT molecular complexity index is 693. The van der Waals surface area contributed by atoms with Crippen LogP contribution in [0.1, 0.15) is 45.4 Å². The maximum Gasteiger partial charge on any atom is 0.245 e. The Hall–Kier alpha value is -2.15. The van der Waals surface area contributed by atoms with Crippen molar-refractivity contribution in [3.05, 3.63) is 30.1 Å². The second-order valence-electron chi connectivity index (χ2n) is 8.15. The lowest BCUT2D eigenvalue weighted by molar-refractivity contribution is -0.142. The van der Waals surface area contributed by atoms with Crippen LogP contribution in [0, 0.1) is 5.82 Å². The number of hydrogen-bond acceptors (Lipinski definition) is 4. The first-order chi connectivity index (χ1) is 14.0. The minimum absolute atomic E-state index is 0.0370. The number of nitrogens with zero attached hydrogens (tertiary/aromatic N) is 3. The molecule has 3 aliphatic rings. The van der Waals surface area contributed by atoms with Crippen molar-refractivity contribution in [3.63, 3.8) is 0 Å². The molecule has 1 aliphatic carbocycles. The van der Waals surface area contributed by atoms with Crippen LogP contribution < -0.4 is 0 Å². The molecule has 1 aromatic rings. The molecule has 1 saturated carbocycles. The van der Waals surface area contributed by atoms with Gasteiger partial charge in [0.05, 0.1) is 0 Å². The lowest BCUT2D eigenvalue weighted by Gasteiger charge is -2.36. The quantitative estimate of drug-likeness (QED) is 0.822. The minimum atomic E-state index is -0.412. The van der Waals surface area contributed by atoms with Crippen LogP contribution in [0.25, 0.3) is 0 Å². The van der Waals surface area contributed by atoms with E-state index < -0.39 is 5.82 Å². The second kappa shape index (κ2) is 10.1. The fourth-order valence-electron chi connectivity index (χ4n) is 4.36. The van der Waals surface area contributed by atoms with Crippen LogP contribution in [0.4, 0.5) is 4.39 Å². The van der Waals surface area contributed by atoms with Crippen molar-refractivity contribution in [2.24, 2.45) is 0 Å². The highest BCUT2D eigenvalue weighted by Crippen LogP contribution is 2.26. The van der Waals surface area contributed by atoms with Crippen molar-refractivity contribution in [1.29, 1.82) is 0 Å². The van der Waals surface area contributed by atoms with E-state index in [0.717, 1.165) is 64.1 Å². The van der Waals surface area contributed by atoms with Crippen LogP contribution in [-0.4, -0.2) is 76.4 Å². The maximum atomic E-state index is 12.7. The predicted molar refractivity (Wildman–Crippen MR) is 109 cm³/mol. The van der Waals surface area contributed by atoms with Crippen LogP contribution >= 0.6 is 0 Å². The Balaban J connectivity index is 0.000000252. The van der Waals surface area contributed by atoms with Crippen molar-refractivity contribution in [1.82, 2.24) is 14.7 Å². The lowest BCUT2D eigenvalue weighted by atomic mass is 9.91. The first-order valence-corrected chi connectivity index (χ1v) is 10.7. The third-order valence-electron chi connectivity index (χ3n) is 6.18. The van der Waals surface area contributed by atoms with E-state index in [2.05, 4.69) is 4.90 Å². The molecule has 0 bridgehead atoms. The predicted octanol–water partition coefficient (Wildman–Crippen LogP) is 2.62. The van der Waals surface area contributed by atoms with Gasteiger partial charge in [-0.1, -0.05) is 12.5 Å². The van der Waals surface area contributed by atoms with Gasteiger partial charge in [-0.15, -0.1) is 0 Å². The average Bonchev–Trinajstić information content (AvgIpc) is 3.01. The minimum Gasteiger partial charge on any atom is -0.508 e. The van der Waals surface area contributed by atoms with Crippen molar-refractivity contribution >= 4 is 11.8 Å². The van der Waals surface area contributed by atoms with E-state index in [1.807, 2.05) is 4.90 Å². The van der Waals surface area contributed by atoms with Gasteiger partial charge in [0.2, 0.25) is 11.8 Å². The molecule has 1 N–H and O–H groups in total. The van der Waals surface area contributed by atoms with Crippen LogP contribution in [-0.2, 0) is 9.59 Å². The number of hydrogen-bond donors (Lipinski definition) is 1. The lowest BCUT2D eigenvalue weighted by Crippen LogP contribution is -2.48. The monoisotopic (exact) mass is 405 g/mol. The number of likely N-dealkylation sites (tertiary alicyclic amines) is 1. The molecule has 1 aromatic carbocycles. The maximum absolute atomic E-state index is 12.7. The van der Waals surface area contributed by atoms with Gasteiger partial charge in [-0.2, -0.15) is 0 Å². The van der Waals surface area contributed by atoms with Crippen molar-refractivity contribution in [2.75, 3.05) is 32.7 Å². The van der Waals surface area contributed by atoms with Gasteiger partial charge in [-0.25, -0.2) is 4.39 Å². The number of aromatic hydroxyl groups is 1. The molecular weight excluding hydrogens is 373 g/mol. The summed E-state index contributed by atoms with van der Waals surface area (Å²) in [6.45, 7) is 6.13. The van der Waals surface area contributed by atoms with Gasteiger partial charge in [0.25, 0.3) is 0 Å². The first kappa shape index (κ1) is 21.6. The van der Waals surface area contributed by atoms with E-state index in [4.69, 9.17) is 5.11 Å². The largest absolute Gasteiger partial charge is 0.508 e. The normalized spacial score (nSPS) is 23.0. The molecule has 2 amide bonds. The topological polar surface area (TPSA) is 64.1 Å². The Morgan fingerprint density at radius 3 is 2.38 bits per heavy atom. The highest BCUT2D eigenvalue weighted by molar-refractivity contribution is 5.87. The molecule has 1 atom stereocenters. The zero-order chi connectivity index (χ0) is 20.8. The van der Waals surface area contributed by atoms with Gasteiger partial charge < -0.3 is 14.9 Å². The summed E-state index contributed by atoms with van der Waals surface area (Å²) in [6.07, 6.45) is 6.87. The van der Waals surface area contributed by atoms with E-state index in [0.29, 0.717) is 0 Å². The Kier molecular flexibility index (Phi) is 7.47. The number of phenolic OH excluding ortho intramolecular Hbond substituents is 1. The number of benzene rings is 1. The van der Waals surface area contributed by atoms with Crippen LogP contribution in [0.3, 0.4) is 0 Å². The molecule has 2 heterocycles. The Morgan fingerprint density at radius 2 is 1.79 bits per heavy atom. The molecule has 29 heavy (non-hydrogen) atoms. The summed E-state index contributed by atoms with van der Waals surface area (Å²) >= 11 is 0. The first-order valence-electron chi connectivity index (χ1n) is 10.7. The van der Waals surface area contributed by atoms with Gasteiger partial charge in [0.15, 0.2) is 0 Å². The molecular formula is C22H32FN3O3. The zero-order valence-corrected chi connectivity index (χ0v) is 17.2. The van der Waals surface area contributed by atoms with Gasteiger partial charge >= 0.3 is 0 Å². The van der Waals surface area contributed by atoms with Crippen LogP contribution in [0.5, 0.6) is 5.75 Å². The second-order valence-corrected chi connectivity index (χ2v) is 8.15. The summed E-state index contributed by atoms with van der Waals surface area (Å²) in [4.78, 5) is 30.7. The number of rotatable bonds is 2. The molecule has 4 rings (SSSR count). The fraction of sp³-hybridized carbons (Fsp3) is 0.636. The number of amides is 2. The molecule has 0 spiro atoms. The van der Waals surface area contributed by atoms with E-state index >= 15 is 0 Å². The highest BCUT2D eigenvalue weighted by atomic mass is 19.1. The van der Waals surface area contributed by atoms with Gasteiger partial charge in [-0.3, -0.25) is 14.5 Å². The molecule has 3 fully saturated rings. The summed E-state index contributed by atoms with van der Waals surface area (Å²) < 4.78 is 12.0. The van der Waals surface area contributed by atoms with E-state index in [9.17, 15) is 14.0 Å². The van der Waals surface area contributed by atoms with Crippen molar-refractivity contribution < 1.29 is 19.1 Å². The number of carbonyl (C=O) groups excluding carboxylic acids is 2. The van der Waals surface area contributed by atoms with Gasteiger partial charge in [0.1, 0.15) is 17.6 Å². The number of carbonyl (C=O) groups is 2. The third kappa shape index (κ3) is 5.69. The van der Waals surface area contributed by atoms with Gasteiger partial charge in [-0.05, 0) is 44.2 Å². The summed E-state index contributed by atoms with van der Waals surface area (Å²) in [5, 5.41) is 8.57. The third-order valence-corrected chi connectivity index (χ3v) is 6.18. The van der Waals surface area contributed by atoms with E-state index in [1.54, 1.807) is 11.8 Å². The smallest absolute Gasteiger partial charge is 0.245 e. The fourth-order valence-corrected chi connectivity index (χ4v) is 4.36. The van der Waals surface area contributed by atoms with Crippen molar-refractivity contribution in [2.45, 2.75) is 57.5 Å². The van der Waals surface area contributed by atoms with E-state index in [1.165, 1.54) is 37.5 Å². The summed E-state index contributed by atoms with van der Waals surface area (Å²) in [6, 6.07) is 5.77. The Morgan fingerprint density at radius 1 is 1.00 bits per heavy atom.